The second kappa shape index (κ2) is 7.78. The molecule has 2 aromatic carbocycles. The molecule has 31 heavy (non-hydrogen) atoms. The summed E-state index contributed by atoms with van der Waals surface area (Å²) < 4.78 is 28.8. The van der Waals surface area contributed by atoms with E-state index in [1.54, 1.807) is 0 Å². The summed E-state index contributed by atoms with van der Waals surface area (Å²) in [4.78, 5) is 0. The van der Waals surface area contributed by atoms with Gasteiger partial charge in [-0.3, -0.25) is 9.15 Å². The van der Waals surface area contributed by atoms with Crippen LogP contribution in [-0.4, -0.2) is 16.6 Å². The molecule has 1 aromatic heterocycles. The minimum Gasteiger partial charge on any atom is -0.543 e. The Morgan fingerprint density at radius 1 is 0.613 bits per heavy atom. The van der Waals surface area contributed by atoms with E-state index in [4.69, 9.17) is 22.7 Å². The average molecular weight is 461 g/mol. The third-order valence-corrected chi connectivity index (χ3v) is 15.5. The molecule has 0 aliphatic carbocycles. The monoisotopic (exact) mass is 460 g/mol. The highest BCUT2D eigenvalue weighted by Crippen LogP contribution is 2.40. The standard InChI is InChI=1S/C24H36O5Si2/c1-23(2,3)30(7,8)27-17-11-13-21-19(15-17)20-16-18(12-14-22(20)26-29-25-21)28-31(9,10)24(4,5)6/h11-16H,1-10H3. The molecule has 5 nitrogen and oxygen atoms in total. The third-order valence-electron chi connectivity index (χ3n) is 6.80. The number of fused-ring (bicyclic) bond motifs is 3. The van der Waals surface area contributed by atoms with Crippen LogP contribution in [0.2, 0.25) is 36.3 Å². The average Bonchev–Trinajstić information content (AvgIpc) is 2.78. The van der Waals surface area contributed by atoms with Gasteiger partial charge >= 0.3 is 0 Å². The maximum absolute atomic E-state index is 6.52. The van der Waals surface area contributed by atoms with Crippen LogP contribution < -0.4 is 8.85 Å². The zero-order valence-corrected chi connectivity index (χ0v) is 22.5. The number of hydrogen-bond acceptors (Lipinski definition) is 5. The second-order valence-corrected chi connectivity index (χ2v) is 20.7. The van der Waals surface area contributed by atoms with Crippen molar-refractivity contribution < 1.29 is 22.7 Å². The van der Waals surface area contributed by atoms with Gasteiger partial charge in [0.1, 0.15) is 11.5 Å². The Bertz CT molecular complexity index is 1030. The fourth-order valence-electron chi connectivity index (χ4n) is 2.70. The minimum absolute atomic E-state index is 0.102. The number of rotatable bonds is 4. The Balaban J connectivity index is 2.15. The molecule has 7 heteroatoms. The van der Waals surface area contributed by atoms with Crippen LogP contribution in [0.25, 0.3) is 21.9 Å². The summed E-state index contributed by atoms with van der Waals surface area (Å²) in [5.41, 5.74) is 1.15. The van der Waals surface area contributed by atoms with Crippen molar-refractivity contribution in [3.63, 3.8) is 0 Å². The molecule has 0 saturated heterocycles. The zero-order chi connectivity index (χ0) is 23.2. The lowest BCUT2D eigenvalue weighted by Crippen LogP contribution is -2.43. The lowest BCUT2D eigenvalue weighted by atomic mass is 10.1. The fourth-order valence-corrected chi connectivity index (χ4v) is 4.74. The van der Waals surface area contributed by atoms with Crippen molar-refractivity contribution >= 4 is 38.6 Å². The van der Waals surface area contributed by atoms with Gasteiger partial charge in [0.05, 0.1) is 0 Å². The summed E-state index contributed by atoms with van der Waals surface area (Å²) >= 11 is 0. The normalized spacial score (nSPS) is 13.5. The molecule has 3 aromatic rings. The molecular weight excluding hydrogens is 424 g/mol. The van der Waals surface area contributed by atoms with Crippen molar-refractivity contribution in [1.82, 2.24) is 0 Å². The second-order valence-electron chi connectivity index (χ2n) is 11.3. The van der Waals surface area contributed by atoms with Crippen molar-refractivity contribution in [2.45, 2.75) is 77.8 Å². The Hall–Kier alpha value is -2.13. The van der Waals surface area contributed by atoms with E-state index in [9.17, 15) is 0 Å². The van der Waals surface area contributed by atoms with E-state index in [-0.39, 0.29) is 10.1 Å². The predicted octanol–water partition coefficient (Wildman–Crippen LogP) is 8.66. The molecule has 0 aliphatic heterocycles. The lowest BCUT2D eigenvalue weighted by Gasteiger charge is -2.36. The molecule has 0 aliphatic rings. The van der Waals surface area contributed by atoms with Crippen LogP contribution in [0, 0.1) is 0 Å². The van der Waals surface area contributed by atoms with Gasteiger partial charge in [0.2, 0.25) is 16.6 Å². The summed E-state index contributed by atoms with van der Waals surface area (Å²) in [7, 11) is -3.96. The van der Waals surface area contributed by atoms with Gasteiger partial charge in [0.15, 0.2) is 11.2 Å². The molecule has 0 fully saturated rings. The summed E-state index contributed by atoms with van der Waals surface area (Å²) in [6.07, 6.45) is 0. The van der Waals surface area contributed by atoms with Gasteiger partial charge in [-0.15, -0.1) is 0 Å². The van der Waals surface area contributed by atoms with Gasteiger partial charge in [-0.05, 0) is 72.7 Å². The minimum atomic E-state index is -1.98. The van der Waals surface area contributed by atoms with Crippen LogP contribution >= 0.6 is 0 Å². The highest BCUT2D eigenvalue weighted by Gasteiger charge is 2.40. The Morgan fingerprint density at radius 2 is 0.968 bits per heavy atom. The first-order valence-electron chi connectivity index (χ1n) is 10.8. The molecule has 1 heterocycles. The molecule has 0 saturated carbocycles. The Labute approximate surface area is 187 Å². The first-order chi connectivity index (χ1) is 14.1. The zero-order valence-electron chi connectivity index (χ0n) is 20.5. The van der Waals surface area contributed by atoms with E-state index >= 15 is 0 Å². The van der Waals surface area contributed by atoms with Crippen molar-refractivity contribution in [1.29, 1.82) is 0 Å². The third kappa shape index (κ3) is 4.87. The van der Waals surface area contributed by atoms with E-state index in [1.165, 1.54) is 0 Å². The maximum atomic E-state index is 6.52. The maximum Gasteiger partial charge on any atom is 0.250 e. The Kier molecular flexibility index (Phi) is 5.90. The molecule has 170 valence electrons. The van der Waals surface area contributed by atoms with Crippen molar-refractivity contribution in [2.24, 2.45) is 0 Å². The highest BCUT2D eigenvalue weighted by molar-refractivity contribution is 6.75. The van der Waals surface area contributed by atoms with E-state index in [2.05, 4.69) is 67.7 Å². The molecule has 0 radical (unpaired) electrons. The van der Waals surface area contributed by atoms with Gasteiger partial charge in [-0.25, -0.2) is 0 Å². The van der Waals surface area contributed by atoms with E-state index in [1.807, 2.05) is 36.4 Å². The van der Waals surface area contributed by atoms with Crippen LogP contribution in [0.1, 0.15) is 41.5 Å². The van der Waals surface area contributed by atoms with E-state index in [0.717, 1.165) is 22.3 Å². The largest absolute Gasteiger partial charge is 0.543 e. The SMILES string of the molecule is CC(C)(C)[Si](C)(C)Oc1ccc2oooc3ccc(O[Si](C)(C)C(C)(C)C)cc3c2c1. The summed E-state index contributed by atoms with van der Waals surface area (Å²) in [5, 5.41) is 1.91. The van der Waals surface area contributed by atoms with E-state index < -0.39 is 16.6 Å². The predicted molar refractivity (Wildman–Crippen MR) is 132 cm³/mol. The van der Waals surface area contributed by atoms with Crippen LogP contribution in [0.3, 0.4) is 0 Å². The van der Waals surface area contributed by atoms with E-state index in [0.29, 0.717) is 11.2 Å². The van der Waals surface area contributed by atoms with Crippen molar-refractivity contribution in [2.75, 3.05) is 0 Å². The number of benzene rings is 2. The highest BCUT2D eigenvalue weighted by atomic mass is 28.4. The van der Waals surface area contributed by atoms with Gasteiger partial charge < -0.3 is 8.85 Å². The molecule has 0 spiro atoms. The van der Waals surface area contributed by atoms with Gasteiger partial charge in [-0.2, -0.15) is 0 Å². The molecule has 0 amide bonds. The Morgan fingerprint density at radius 3 is 1.29 bits per heavy atom. The van der Waals surface area contributed by atoms with Crippen LogP contribution in [0.15, 0.2) is 50.3 Å². The van der Waals surface area contributed by atoms with Crippen molar-refractivity contribution in [3.05, 3.63) is 36.4 Å². The molecule has 0 bridgehead atoms. The summed E-state index contributed by atoms with van der Waals surface area (Å²) in [6.45, 7) is 22.3. The van der Waals surface area contributed by atoms with Crippen LogP contribution in [0.5, 0.6) is 11.5 Å². The van der Waals surface area contributed by atoms with Gasteiger partial charge in [0, 0.05) is 10.8 Å². The van der Waals surface area contributed by atoms with Gasteiger partial charge in [-0.1, -0.05) is 46.3 Å². The molecule has 0 atom stereocenters. The smallest absolute Gasteiger partial charge is 0.250 e. The molecular formula is C24H36O5Si2. The van der Waals surface area contributed by atoms with Crippen molar-refractivity contribution in [3.8, 4) is 11.5 Å². The lowest BCUT2D eigenvalue weighted by molar-refractivity contribution is -0.157. The summed E-state index contributed by atoms with van der Waals surface area (Å²) in [6, 6.07) is 11.6. The molecule has 0 unspecified atom stereocenters. The van der Waals surface area contributed by atoms with Crippen LogP contribution in [-0.2, 0) is 0 Å². The molecule has 0 N–H and O–H groups in total. The topological polar surface area (TPSA) is 57.9 Å². The number of hydrogen-bond donors (Lipinski definition) is 0. The first kappa shape index (κ1) is 23.5. The summed E-state index contributed by atoms with van der Waals surface area (Å²) in [5.74, 6) is 1.63. The molecule has 3 rings (SSSR count). The fraction of sp³-hybridized carbons (Fsp3) is 0.500. The first-order valence-corrected chi connectivity index (χ1v) is 16.6. The van der Waals surface area contributed by atoms with Gasteiger partial charge in [0.25, 0.3) is 0 Å². The van der Waals surface area contributed by atoms with Crippen LogP contribution in [0.4, 0.5) is 0 Å². The quantitative estimate of drug-likeness (QED) is 0.288.